The molecule has 0 saturated carbocycles. The summed E-state index contributed by atoms with van der Waals surface area (Å²) >= 11 is 5.94. The molecular weight excluding hydrogens is 370 g/mol. The lowest BCUT2D eigenvalue weighted by Gasteiger charge is -2.11. The minimum atomic E-state index is -0.939. The zero-order valence-electron chi connectivity index (χ0n) is 15.2. The van der Waals surface area contributed by atoms with Crippen molar-refractivity contribution in [3.8, 4) is 11.5 Å². The maximum Gasteiger partial charge on any atom is 0.252 e. The number of carbonyl (C=O) groups excluding carboxylic acids is 2. The Morgan fingerprint density at radius 3 is 2.41 bits per heavy atom. The van der Waals surface area contributed by atoms with E-state index in [4.69, 9.17) is 21.1 Å². The Morgan fingerprint density at radius 2 is 1.78 bits per heavy atom. The van der Waals surface area contributed by atoms with E-state index in [9.17, 15) is 9.59 Å². The molecule has 0 fully saturated rings. The smallest absolute Gasteiger partial charge is 0.252 e. The molecule has 7 nitrogen and oxygen atoms in total. The number of hydrogen-bond donors (Lipinski definition) is 2. The Morgan fingerprint density at radius 1 is 1.07 bits per heavy atom. The van der Waals surface area contributed by atoms with Crippen molar-refractivity contribution in [3.63, 3.8) is 0 Å². The van der Waals surface area contributed by atoms with E-state index in [0.717, 1.165) is 0 Å². The third-order valence-corrected chi connectivity index (χ3v) is 3.95. The molecule has 0 heterocycles. The Labute approximate surface area is 162 Å². The van der Waals surface area contributed by atoms with Crippen LogP contribution in [0.1, 0.15) is 12.5 Å². The van der Waals surface area contributed by atoms with E-state index in [1.54, 1.807) is 49.6 Å². The molecule has 0 aliphatic rings. The highest BCUT2D eigenvalue weighted by Gasteiger charge is 2.21. The predicted molar refractivity (Wildman–Crippen MR) is 105 cm³/mol. The second-order valence-electron chi connectivity index (χ2n) is 5.56. The fourth-order valence-electron chi connectivity index (χ4n) is 2.11. The topological polar surface area (TPSA) is 89.0 Å². The number of halogens is 1. The molecule has 2 aromatic rings. The standard InChI is InChI=1S/C19H20ClN3O4/c1-12(18(24)22-15-5-7-16(26-2)8-6-15)19(25)23-21-11-13-10-14(20)4-9-17(13)27-3/h4-12H,1-3H3,(H,22,24)(H,23,25). The maximum absolute atomic E-state index is 12.2. The normalized spacial score (nSPS) is 11.7. The number of hydrazone groups is 1. The van der Waals surface area contributed by atoms with Gasteiger partial charge in [0.25, 0.3) is 5.91 Å². The molecule has 27 heavy (non-hydrogen) atoms. The number of nitrogens with zero attached hydrogens (tertiary/aromatic N) is 1. The highest BCUT2D eigenvalue weighted by Crippen LogP contribution is 2.20. The quantitative estimate of drug-likeness (QED) is 0.432. The van der Waals surface area contributed by atoms with Crippen molar-refractivity contribution in [2.75, 3.05) is 19.5 Å². The Balaban J connectivity index is 1.94. The monoisotopic (exact) mass is 389 g/mol. The second-order valence-corrected chi connectivity index (χ2v) is 6.00. The van der Waals surface area contributed by atoms with Crippen LogP contribution in [0.2, 0.25) is 5.02 Å². The van der Waals surface area contributed by atoms with E-state index in [-0.39, 0.29) is 0 Å². The fourth-order valence-corrected chi connectivity index (χ4v) is 2.29. The van der Waals surface area contributed by atoms with Crippen LogP contribution in [0.25, 0.3) is 0 Å². The molecule has 2 rings (SSSR count). The van der Waals surface area contributed by atoms with Crippen LogP contribution >= 0.6 is 11.6 Å². The zero-order chi connectivity index (χ0) is 19.8. The molecule has 0 aliphatic carbocycles. The molecule has 0 saturated heterocycles. The van der Waals surface area contributed by atoms with Crippen LogP contribution in [0.5, 0.6) is 11.5 Å². The molecule has 1 unspecified atom stereocenters. The summed E-state index contributed by atoms with van der Waals surface area (Å²) in [6.45, 7) is 1.49. The Hall–Kier alpha value is -3.06. The van der Waals surface area contributed by atoms with Gasteiger partial charge in [0.1, 0.15) is 17.4 Å². The maximum atomic E-state index is 12.2. The number of methoxy groups -OCH3 is 2. The van der Waals surface area contributed by atoms with Crippen LogP contribution < -0.4 is 20.2 Å². The van der Waals surface area contributed by atoms with Crippen LogP contribution in [0.15, 0.2) is 47.6 Å². The predicted octanol–water partition coefficient (Wildman–Crippen LogP) is 3.08. The number of anilines is 1. The van der Waals surface area contributed by atoms with Gasteiger partial charge in [-0.05, 0) is 49.4 Å². The first-order chi connectivity index (χ1) is 12.9. The van der Waals surface area contributed by atoms with Gasteiger partial charge in [-0.2, -0.15) is 5.10 Å². The molecular formula is C19H20ClN3O4. The molecule has 0 spiro atoms. The number of rotatable bonds is 7. The van der Waals surface area contributed by atoms with Crippen LogP contribution in [-0.2, 0) is 9.59 Å². The molecule has 0 aromatic heterocycles. The highest BCUT2D eigenvalue weighted by atomic mass is 35.5. The third kappa shape index (κ3) is 5.72. The van der Waals surface area contributed by atoms with Gasteiger partial charge in [0, 0.05) is 16.3 Å². The lowest BCUT2D eigenvalue weighted by molar-refractivity contribution is -0.131. The van der Waals surface area contributed by atoms with Crippen LogP contribution in [-0.4, -0.2) is 32.2 Å². The molecule has 142 valence electrons. The molecule has 2 N–H and O–H groups in total. The summed E-state index contributed by atoms with van der Waals surface area (Å²) in [5.41, 5.74) is 3.50. The number of ether oxygens (including phenoxy) is 2. The molecule has 0 radical (unpaired) electrons. The van der Waals surface area contributed by atoms with Crippen LogP contribution in [0, 0.1) is 5.92 Å². The molecule has 0 bridgehead atoms. The van der Waals surface area contributed by atoms with Gasteiger partial charge in [-0.1, -0.05) is 11.6 Å². The molecule has 2 aromatic carbocycles. The first kappa shape index (κ1) is 20.3. The third-order valence-electron chi connectivity index (χ3n) is 3.71. The number of carbonyl (C=O) groups is 2. The van der Waals surface area contributed by atoms with E-state index in [2.05, 4.69) is 15.8 Å². The first-order valence-corrected chi connectivity index (χ1v) is 8.43. The lowest BCUT2D eigenvalue weighted by atomic mass is 10.1. The van der Waals surface area contributed by atoms with Crippen LogP contribution in [0.3, 0.4) is 0 Å². The summed E-state index contributed by atoms with van der Waals surface area (Å²) in [4.78, 5) is 24.3. The summed E-state index contributed by atoms with van der Waals surface area (Å²) < 4.78 is 10.2. The second kappa shape index (κ2) is 9.59. The average Bonchev–Trinajstić information content (AvgIpc) is 2.68. The van der Waals surface area contributed by atoms with Gasteiger partial charge in [0.05, 0.1) is 20.4 Å². The van der Waals surface area contributed by atoms with E-state index in [0.29, 0.717) is 27.8 Å². The number of nitrogens with one attached hydrogen (secondary N) is 2. The lowest BCUT2D eigenvalue weighted by Crippen LogP contribution is -2.34. The van der Waals surface area contributed by atoms with E-state index in [1.165, 1.54) is 20.2 Å². The van der Waals surface area contributed by atoms with Crippen molar-refractivity contribution >= 4 is 35.3 Å². The van der Waals surface area contributed by atoms with Gasteiger partial charge in [-0.3, -0.25) is 9.59 Å². The summed E-state index contributed by atoms with van der Waals surface area (Å²) in [5, 5.41) is 7.04. The van der Waals surface area contributed by atoms with Crippen molar-refractivity contribution in [2.45, 2.75) is 6.92 Å². The summed E-state index contributed by atoms with van der Waals surface area (Å²) in [6, 6.07) is 11.8. The summed E-state index contributed by atoms with van der Waals surface area (Å²) in [6.07, 6.45) is 1.40. The van der Waals surface area contributed by atoms with Crippen molar-refractivity contribution < 1.29 is 19.1 Å². The van der Waals surface area contributed by atoms with Crippen molar-refractivity contribution in [3.05, 3.63) is 53.1 Å². The van der Waals surface area contributed by atoms with Crippen molar-refractivity contribution in [1.29, 1.82) is 0 Å². The van der Waals surface area contributed by atoms with Gasteiger partial charge >= 0.3 is 0 Å². The zero-order valence-corrected chi connectivity index (χ0v) is 15.9. The van der Waals surface area contributed by atoms with Crippen LogP contribution in [0.4, 0.5) is 5.69 Å². The largest absolute Gasteiger partial charge is 0.497 e. The van der Waals surface area contributed by atoms with Crippen molar-refractivity contribution in [1.82, 2.24) is 5.43 Å². The summed E-state index contributed by atoms with van der Waals surface area (Å²) in [5.74, 6) is -0.704. The van der Waals surface area contributed by atoms with Gasteiger partial charge < -0.3 is 14.8 Å². The van der Waals surface area contributed by atoms with Gasteiger partial charge in [-0.15, -0.1) is 0 Å². The summed E-state index contributed by atoms with van der Waals surface area (Å²) in [7, 11) is 3.07. The minimum Gasteiger partial charge on any atom is -0.497 e. The van der Waals surface area contributed by atoms with Crippen molar-refractivity contribution in [2.24, 2.45) is 11.0 Å². The van der Waals surface area contributed by atoms with E-state index in [1.807, 2.05) is 0 Å². The Bertz CT molecular complexity index is 837. The molecule has 8 heteroatoms. The van der Waals surface area contributed by atoms with Gasteiger partial charge in [0.15, 0.2) is 0 Å². The molecule has 1 atom stereocenters. The van der Waals surface area contributed by atoms with E-state index < -0.39 is 17.7 Å². The number of amides is 2. The molecule has 0 aliphatic heterocycles. The fraction of sp³-hybridized carbons (Fsp3) is 0.211. The number of hydrogen-bond acceptors (Lipinski definition) is 5. The Kier molecular flexibility index (Phi) is 7.19. The average molecular weight is 390 g/mol. The van der Waals surface area contributed by atoms with Gasteiger partial charge in [0.2, 0.25) is 5.91 Å². The minimum absolute atomic E-state index is 0.451. The SMILES string of the molecule is COc1ccc(NC(=O)C(C)C(=O)NN=Cc2cc(Cl)ccc2OC)cc1. The van der Waals surface area contributed by atoms with E-state index >= 15 is 0 Å². The highest BCUT2D eigenvalue weighted by molar-refractivity contribution is 6.30. The van der Waals surface area contributed by atoms with Gasteiger partial charge in [-0.25, -0.2) is 5.43 Å². The number of benzene rings is 2. The first-order valence-electron chi connectivity index (χ1n) is 8.06. The molecule has 2 amide bonds.